The minimum atomic E-state index is -0.178. The van der Waals surface area contributed by atoms with Crippen LogP contribution >= 0.6 is 0 Å². The predicted octanol–water partition coefficient (Wildman–Crippen LogP) is 4.43. The van der Waals surface area contributed by atoms with Crippen molar-refractivity contribution in [1.82, 2.24) is 20.1 Å². The van der Waals surface area contributed by atoms with Crippen molar-refractivity contribution < 1.29 is 4.79 Å². The Morgan fingerprint density at radius 3 is 2.25 bits per heavy atom. The Balaban J connectivity index is 1.70. The lowest BCUT2D eigenvalue weighted by atomic mass is 10.1. The molecule has 5 heteroatoms. The van der Waals surface area contributed by atoms with E-state index in [9.17, 15) is 4.79 Å². The van der Waals surface area contributed by atoms with Gasteiger partial charge in [-0.2, -0.15) is 5.10 Å². The van der Waals surface area contributed by atoms with Gasteiger partial charge in [-0.3, -0.25) is 9.78 Å². The van der Waals surface area contributed by atoms with Crippen molar-refractivity contribution in [3.05, 3.63) is 103 Å². The third-order valence-electron chi connectivity index (χ3n) is 4.57. The van der Waals surface area contributed by atoms with Crippen LogP contribution in [0.2, 0.25) is 0 Å². The van der Waals surface area contributed by atoms with Gasteiger partial charge in [-0.05, 0) is 42.8 Å². The first-order valence-electron chi connectivity index (χ1n) is 9.14. The number of aromatic nitrogens is 3. The molecule has 28 heavy (non-hydrogen) atoms. The summed E-state index contributed by atoms with van der Waals surface area (Å²) in [5.74, 6) is -0.178. The lowest BCUT2D eigenvalue weighted by Crippen LogP contribution is -2.28. The SMILES string of the molecule is C[C@H](NC(=O)c1cc(-c2ccccc2)nn1-c1ccccc1)c1ccncc1. The van der Waals surface area contributed by atoms with Crippen molar-refractivity contribution in [1.29, 1.82) is 0 Å². The number of pyridine rings is 1. The molecule has 1 atom stereocenters. The number of carbonyl (C=O) groups is 1. The fourth-order valence-corrected chi connectivity index (χ4v) is 3.06. The van der Waals surface area contributed by atoms with E-state index >= 15 is 0 Å². The first-order chi connectivity index (χ1) is 13.7. The molecule has 0 radical (unpaired) electrons. The molecule has 0 aliphatic rings. The zero-order valence-electron chi connectivity index (χ0n) is 15.5. The zero-order chi connectivity index (χ0) is 19.3. The Morgan fingerprint density at radius 1 is 0.929 bits per heavy atom. The van der Waals surface area contributed by atoms with Crippen molar-refractivity contribution in [2.75, 3.05) is 0 Å². The first-order valence-corrected chi connectivity index (χ1v) is 9.14. The molecular formula is C23H20N4O. The Morgan fingerprint density at radius 2 is 1.57 bits per heavy atom. The molecule has 2 aromatic heterocycles. The van der Waals surface area contributed by atoms with Gasteiger partial charge in [0, 0.05) is 18.0 Å². The van der Waals surface area contributed by atoms with Crippen molar-refractivity contribution in [3.63, 3.8) is 0 Å². The van der Waals surface area contributed by atoms with Gasteiger partial charge in [0.05, 0.1) is 17.4 Å². The number of carbonyl (C=O) groups excluding carboxylic acids is 1. The molecule has 2 aromatic carbocycles. The second-order valence-corrected chi connectivity index (χ2v) is 6.50. The van der Waals surface area contributed by atoms with Crippen molar-refractivity contribution in [2.45, 2.75) is 13.0 Å². The summed E-state index contributed by atoms with van der Waals surface area (Å²) in [7, 11) is 0. The second-order valence-electron chi connectivity index (χ2n) is 6.50. The molecule has 4 aromatic rings. The van der Waals surface area contributed by atoms with E-state index in [-0.39, 0.29) is 11.9 Å². The van der Waals surface area contributed by atoms with Gasteiger partial charge in [-0.15, -0.1) is 0 Å². The van der Waals surface area contributed by atoms with E-state index in [4.69, 9.17) is 5.10 Å². The molecule has 1 amide bonds. The van der Waals surface area contributed by atoms with Crippen LogP contribution in [0.25, 0.3) is 16.9 Å². The van der Waals surface area contributed by atoms with Gasteiger partial charge < -0.3 is 5.32 Å². The van der Waals surface area contributed by atoms with Gasteiger partial charge in [0.1, 0.15) is 5.69 Å². The van der Waals surface area contributed by atoms with Crippen LogP contribution in [0.4, 0.5) is 0 Å². The predicted molar refractivity (Wildman–Crippen MR) is 109 cm³/mol. The summed E-state index contributed by atoms with van der Waals surface area (Å²) >= 11 is 0. The van der Waals surface area contributed by atoms with Gasteiger partial charge in [0.25, 0.3) is 5.91 Å². The van der Waals surface area contributed by atoms with E-state index in [1.165, 1.54) is 0 Å². The van der Waals surface area contributed by atoms with Gasteiger partial charge >= 0.3 is 0 Å². The standard InChI is InChI=1S/C23H20N4O/c1-17(18-12-14-24-15-13-18)25-23(28)22-16-21(19-8-4-2-5-9-19)26-27(22)20-10-6-3-7-11-20/h2-17H,1H3,(H,25,28)/t17-/m0/s1. The summed E-state index contributed by atoms with van der Waals surface area (Å²) in [6.45, 7) is 1.95. The number of nitrogens with one attached hydrogen (secondary N) is 1. The summed E-state index contributed by atoms with van der Waals surface area (Å²) in [6, 6.07) is 25.0. The summed E-state index contributed by atoms with van der Waals surface area (Å²) < 4.78 is 1.69. The van der Waals surface area contributed by atoms with Gasteiger partial charge in [0.15, 0.2) is 0 Å². The highest BCUT2D eigenvalue weighted by Crippen LogP contribution is 2.22. The highest BCUT2D eigenvalue weighted by atomic mass is 16.2. The van der Waals surface area contributed by atoms with Crippen molar-refractivity contribution in [3.8, 4) is 16.9 Å². The largest absolute Gasteiger partial charge is 0.344 e. The van der Waals surface area contributed by atoms with Crippen LogP contribution in [-0.4, -0.2) is 20.7 Å². The number of hydrogen-bond acceptors (Lipinski definition) is 3. The average molecular weight is 368 g/mol. The summed E-state index contributed by atoms with van der Waals surface area (Å²) in [6.07, 6.45) is 3.44. The molecule has 0 bridgehead atoms. The third-order valence-corrected chi connectivity index (χ3v) is 4.57. The van der Waals surface area contributed by atoms with E-state index < -0.39 is 0 Å². The molecule has 1 N–H and O–H groups in total. The van der Waals surface area contributed by atoms with Crippen molar-refractivity contribution in [2.24, 2.45) is 0 Å². The monoisotopic (exact) mass is 368 g/mol. The molecule has 2 heterocycles. The second kappa shape index (κ2) is 7.88. The minimum Gasteiger partial charge on any atom is -0.344 e. The maximum Gasteiger partial charge on any atom is 0.270 e. The molecular weight excluding hydrogens is 348 g/mol. The van der Waals surface area contributed by atoms with Crippen LogP contribution in [0.5, 0.6) is 0 Å². The lowest BCUT2D eigenvalue weighted by Gasteiger charge is -2.14. The molecule has 0 saturated carbocycles. The van der Waals surface area contributed by atoms with Crippen LogP contribution in [-0.2, 0) is 0 Å². The minimum absolute atomic E-state index is 0.144. The Bertz CT molecular complexity index is 1060. The van der Waals surface area contributed by atoms with E-state index in [0.717, 1.165) is 22.5 Å². The van der Waals surface area contributed by atoms with Gasteiger partial charge in [-0.25, -0.2) is 4.68 Å². The Hall–Kier alpha value is -3.73. The molecule has 0 aliphatic heterocycles. The van der Waals surface area contributed by atoms with Crippen LogP contribution in [0.15, 0.2) is 91.3 Å². The zero-order valence-corrected chi connectivity index (χ0v) is 15.5. The maximum absolute atomic E-state index is 13.1. The van der Waals surface area contributed by atoms with Gasteiger partial charge in [-0.1, -0.05) is 48.5 Å². The van der Waals surface area contributed by atoms with E-state index in [2.05, 4.69) is 10.3 Å². The fourth-order valence-electron chi connectivity index (χ4n) is 3.06. The molecule has 0 aliphatic carbocycles. The van der Waals surface area contributed by atoms with E-state index in [1.807, 2.05) is 85.8 Å². The lowest BCUT2D eigenvalue weighted by molar-refractivity contribution is 0.0932. The number of hydrogen-bond donors (Lipinski definition) is 1. The quantitative estimate of drug-likeness (QED) is 0.567. The molecule has 0 spiro atoms. The average Bonchev–Trinajstić information content (AvgIpc) is 3.21. The topological polar surface area (TPSA) is 59.8 Å². The Kier molecular flexibility index (Phi) is 4.97. The van der Waals surface area contributed by atoms with E-state index in [0.29, 0.717) is 5.69 Å². The molecule has 0 unspecified atom stereocenters. The highest BCUT2D eigenvalue weighted by molar-refractivity contribution is 5.94. The van der Waals surface area contributed by atoms with Crippen LogP contribution < -0.4 is 5.32 Å². The van der Waals surface area contributed by atoms with Crippen LogP contribution in [0.3, 0.4) is 0 Å². The number of amides is 1. The molecule has 5 nitrogen and oxygen atoms in total. The summed E-state index contributed by atoms with van der Waals surface area (Å²) in [5, 5.41) is 7.76. The van der Waals surface area contributed by atoms with Crippen LogP contribution in [0.1, 0.15) is 29.0 Å². The number of nitrogens with zero attached hydrogens (tertiary/aromatic N) is 3. The number of para-hydroxylation sites is 1. The van der Waals surface area contributed by atoms with E-state index in [1.54, 1.807) is 17.1 Å². The maximum atomic E-state index is 13.1. The summed E-state index contributed by atoms with van der Waals surface area (Å²) in [5.41, 5.74) is 4.05. The van der Waals surface area contributed by atoms with Crippen LogP contribution in [0, 0.1) is 0 Å². The van der Waals surface area contributed by atoms with Gasteiger partial charge in [0.2, 0.25) is 0 Å². The summed E-state index contributed by atoms with van der Waals surface area (Å²) in [4.78, 5) is 17.1. The third kappa shape index (κ3) is 3.69. The Labute approximate surface area is 163 Å². The fraction of sp³-hybridized carbons (Fsp3) is 0.0870. The molecule has 138 valence electrons. The molecule has 4 rings (SSSR count). The highest BCUT2D eigenvalue weighted by Gasteiger charge is 2.19. The first kappa shape index (κ1) is 17.7. The molecule has 0 saturated heterocycles. The number of benzene rings is 2. The number of rotatable bonds is 5. The normalized spacial score (nSPS) is 11.8. The molecule has 0 fully saturated rings. The smallest absolute Gasteiger partial charge is 0.270 e. The van der Waals surface area contributed by atoms with Crippen molar-refractivity contribution >= 4 is 5.91 Å².